The third-order valence-corrected chi connectivity index (χ3v) is 4.27. The van der Waals surface area contributed by atoms with Crippen molar-refractivity contribution in [3.8, 4) is 11.5 Å². The molecule has 0 saturated carbocycles. The molecular formula is C15H18N2O2S. The van der Waals surface area contributed by atoms with Crippen LogP contribution in [0.15, 0.2) is 23.7 Å². The van der Waals surface area contributed by atoms with Crippen LogP contribution in [-0.2, 0) is 6.42 Å². The lowest BCUT2D eigenvalue weighted by atomic mass is 10.2. The Morgan fingerprint density at radius 1 is 1.25 bits per heavy atom. The molecular weight excluding hydrogens is 272 g/mol. The van der Waals surface area contributed by atoms with Gasteiger partial charge in [0.25, 0.3) is 0 Å². The van der Waals surface area contributed by atoms with Gasteiger partial charge in [-0.05, 0) is 19.1 Å². The Kier molecular flexibility index (Phi) is 4.06. The van der Waals surface area contributed by atoms with E-state index in [9.17, 15) is 0 Å². The first-order valence-electron chi connectivity index (χ1n) is 6.85. The molecule has 0 bridgehead atoms. The van der Waals surface area contributed by atoms with E-state index in [2.05, 4.69) is 17.2 Å². The Labute approximate surface area is 122 Å². The maximum atomic E-state index is 5.69. The summed E-state index contributed by atoms with van der Waals surface area (Å²) in [7, 11) is 0. The number of nitrogens with zero attached hydrogens (tertiary/aromatic N) is 1. The van der Waals surface area contributed by atoms with Crippen LogP contribution < -0.4 is 14.8 Å². The number of hydrogen-bond donors (Lipinski definition) is 1. The van der Waals surface area contributed by atoms with Crippen molar-refractivity contribution in [2.45, 2.75) is 19.8 Å². The average Bonchev–Trinajstić information content (AvgIpc) is 2.73. The molecule has 0 aliphatic carbocycles. The molecule has 2 aromatic rings. The maximum Gasteiger partial charge on any atom is 0.163 e. The summed E-state index contributed by atoms with van der Waals surface area (Å²) in [6.07, 6.45) is 1.92. The summed E-state index contributed by atoms with van der Waals surface area (Å²) < 4.78 is 11.3. The summed E-state index contributed by atoms with van der Waals surface area (Å²) in [6, 6.07) is 6.02. The van der Waals surface area contributed by atoms with E-state index in [1.807, 2.05) is 23.7 Å². The van der Waals surface area contributed by atoms with Crippen molar-refractivity contribution in [2.75, 3.05) is 25.1 Å². The first kappa shape index (κ1) is 13.2. The number of thiazole rings is 1. The second-order valence-electron chi connectivity index (χ2n) is 4.75. The van der Waals surface area contributed by atoms with Gasteiger partial charge in [0.1, 0.15) is 0 Å². The first-order chi connectivity index (χ1) is 9.83. The van der Waals surface area contributed by atoms with E-state index in [0.717, 1.165) is 55.5 Å². The SMILES string of the molecule is Cc1ncsc1CCNc1ccc2c(c1)OCCCO2. The Bertz CT molecular complexity index is 583. The molecule has 5 heteroatoms. The first-order valence-corrected chi connectivity index (χ1v) is 7.73. The van der Waals surface area contributed by atoms with E-state index in [0.29, 0.717) is 0 Å². The molecule has 0 radical (unpaired) electrons. The van der Waals surface area contributed by atoms with Gasteiger partial charge in [-0.2, -0.15) is 0 Å². The molecule has 0 fully saturated rings. The van der Waals surface area contributed by atoms with E-state index >= 15 is 0 Å². The number of benzene rings is 1. The summed E-state index contributed by atoms with van der Waals surface area (Å²) in [5.41, 5.74) is 4.10. The summed E-state index contributed by atoms with van der Waals surface area (Å²) in [5, 5.41) is 3.42. The van der Waals surface area contributed by atoms with Crippen LogP contribution in [0, 0.1) is 6.92 Å². The van der Waals surface area contributed by atoms with E-state index < -0.39 is 0 Å². The molecule has 1 aromatic heterocycles. The van der Waals surface area contributed by atoms with Gasteiger partial charge in [0, 0.05) is 36.0 Å². The highest BCUT2D eigenvalue weighted by molar-refractivity contribution is 7.09. The van der Waals surface area contributed by atoms with Crippen LogP contribution in [0.3, 0.4) is 0 Å². The normalized spacial score (nSPS) is 13.8. The summed E-state index contributed by atoms with van der Waals surface area (Å²) in [4.78, 5) is 5.60. The highest BCUT2D eigenvalue weighted by Crippen LogP contribution is 2.32. The maximum absolute atomic E-state index is 5.69. The lowest BCUT2D eigenvalue weighted by Crippen LogP contribution is -2.05. The average molecular weight is 290 g/mol. The number of anilines is 1. The minimum atomic E-state index is 0.719. The van der Waals surface area contributed by atoms with E-state index in [1.165, 1.54) is 4.88 Å². The molecule has 1 aliphatic heterocycles. The van der Waals surface area contributed by atoms with Crippen molar-refractivity contribution < 1.29 is 9.47 Å². The predicted molar refractivity (Wildman–Crippen MR) is 81.1 cm³/mol. The molecule has 0 saturated heterocycles. The standard InChI is InChI=1S/C15H18N2O2S/c1-11-15(20-10-17-11)5-6-16-12-3-4-13-14(9-12)19-8-2-7-18-13/h3-4,9-10,16H,2,5-8H2,1H3. The van der Waals surface area contributed by atoms with E-state index in [-0.39, 0.29) is 0 Å². The van der Waals surface area contributed by atoms with E-state index in [1.54, 1.807) is 11.3 Å². The smallest absolute Gasteiger partial charge is 0.163 e. The molecule has 1 N–H and O–H groups in total. The van der Waals surface area contributed by atoms with Crippen molar-refractivity contribution in [1.82, 2.24) is 4.98 Å². The van der Waals surface area contributed by atoms with Crippen LogP contribution in [-0.4, -0.2) is 24.7 Å². The summed E-state index contributed by atoms with van der Waals surface area (Å²) >= 11 is 1.71. The molecule has 106 valence electrons. The van der Waals surface area contributed by atoms with Crippen LogP contribution in [0.25, 0.3) is 0 Å². The molecule has 1 aromatic carbocycles. The van der Waals surface area contributed by atoms with Gasteiger partial charge in [0.05, 0.1) is 24.4 Å². The fourth-order valence-electron chi connectivity index (χ4n) is 2.16. The van der Waals surface area contributed by atoms with Crippen molar-refractivity contribution in [1.29, 1.82) is 0 Å². The van der Waals surface area contributed by atoms with Gasteiger partial charge in [0.15, 0.2) is 11.5 Å². The highest BCUT2D eigenvalue weighted by Gasteiger charge is 2.10. The van der Waals surface area contributed by atoms with Gasteiger partial charge in [-0.25, -0.2) is 4.98 Å². The molecule has 4 nitrogen and oxygen atoms in total. The van der Waals surface area contributed by atoms with Crippen molar-refractivity contribution in [3.63, 3.8) is 0 Å². The molecule has 0 atom stereocenters. The number of ether oxygens (including phenoxy) is 2. The van der Waals surface area contributed by atoms with Crippen LogP contribution >= 0.6 is 11.3 Å². The Balaban J connectivity index is 1.60. The van der Waals surface area contributed by atoms with Crippen LogP contribution in [0.5, 0.6) is 11.5 Å². The minimum absolute atomic E-state index is 0.719. The fraction of sp³-hybridized carbons (Fsp3) is 0.400. The number of hydrogen-bond acceptors (Lipinski definition) is 5. The summed E-state index contributed by atoms with van der Waals surface area (Å²) in [5.74, 6) is 1.67. The van der Waals surface area contributed by atoms with Crippen LogP contribution in [0.2, 0.25) is 0 Å². The van der Waals surface area contributed by atoms with Gasteiger partial charge in [-0.3, -0.25) is 0 Å². The second kappa shape index (κ2) is 6.13. The number of rotatable bonds is 4. The lowest BCUT2D eigenvalue weighted by molar-refractivity contribution is 0.297. The molecule has 0 amide bonds. The number of nitrogens with one attached hydrogen (secondary N) is 1. The van der Waals surface area contributed by atoms with Crippen molar-refractivity contribution in [2.24, 2.45) is 0 Å². The third kappa shape index (κ3) is 3.04. The highest BCUT2D eigenvalue weighted by atomic mass is 32.1. The second-order valence-corrected chi connectivity index (χ2v) is 5.69. The largest absolute Gasteiger partial charge is 0.490 e. The van der Waals surface area contributed by atoms with Crippen LogP contribution in [0.4, 0.5) is 5.69 Å². The topological polar surface area (TPSA) is 43.4 Å². The number of fused-ring (bicyclic) bond motifs is 1. The molecule has 3 rings (SSSR count). The quantitative estimate of drug-likeness (QED) is 0.938. The van der Waals surface area contributed by atoms with Crippen LogP contribution in [0.1, 0.15) is 17.0 Å². The minimum Gasteiger partial charge on any atom is -0.490 e. The molecule has 20 heavy (non-hydrogen) atoms. The lowest BCUT2D eigenvalue weighted by Gasteiger charge is -2.11. The Morgan fingerprint density at radius 2 is 2.10 bits per heavy atom. The van der Waals surface area contributed by atoms with E-state index in [4.69, 9.17) is 9.47 Å². The van der Waals surface area contributed by atoms with Gasteiger partial charge in [0.2, 0.25) is 0 Å². The number of aromatic nitrogens is 1. The predicted octanol–water partition coefficient (Wildman–Crippen LogP) is 3.27. The molecule has 0 spiro atoms. The molecule has 1 aliphatic rings. The third-order valence-electron chi connectivity index (χ3n) is 3.27. The zero-order chi connectivity index (χ0) is 13.8. The van der Waals surface area contributed by atoms with Crippen molar-refractivity contribution >= 4 is 17.0 Å². The molecule has 0 unspecified atom stereocenters. The van der Waals surface area contributed by atoms with Gasteiger partial charge >= 0.3 is 0 Å². The van der Waals surface area contributed by atoms with Gasteiger partial charge in [-0.1, -0.05) is 0 Å². The van der Waals surface area contributed by atoms with Gasteiger partial charge < -0.3 is 14.8 Å². The zero-order valence-electron chi connectivity index (χ0n) is 11.5. The van der Waals surface area contributed by atoms with Gasteiger partial charge in [-0.15, -0.1) is 11.3 Å². The monoisotopic (exact) mass is 290 g/mol. The summed E-state index contributed by atoms with van der Waals surface area (Å²) in [6.45, 7) is 4.39. The Morgan fingerprint density at radius 3 is 2.90 bits per heavy atom. The Hall–Kier alpha value is -1.75. The van der Waals surface area contributed by atoms with Crippen molar-refractivity contribution in [3.05, 3.63) is 34.3 Å². The zero-order valence-corrected chi connectivity index (χ0v) is 12.3. The number of aryl methyl sites for hydroxylation is 1. The molecule has 2 heterocycles. The fourth-order valence-corrected chi connectivity index (χ4v) is 2.94.